The van der Waals surface area contributed by atoms with Crippen LogP contribution in [0.2, 0.25) is 0 Å². The SMILES string of the molecule is CC(C)(CCC=O)SSCCCC(N)=O. The lowest BCUT2D eigenvalue weighted by Crippen LogP contribution is -2.13. The summed E-state index contributed by atoms with van der Waals surface area (Å²) in [5.41, 5.74) is 5.03. The normalized spacial score (nSPS) is 11.3. The Labute approximate surface area is 99.3 Å². The Kier molecular flexibility index (Phi) is 7.96. The molecule has 0 spiro atoms. The predicted molar refractivity (Wildman–Crippen MR) is 67.9 cm³/mol. The average molecular weight is 249 g/mol. The summed E-state index contributed by atoms with van der Waals surface area (Å²) in [5.74, 6) is 0.693. The van der Waals surface area contributed by atoms with Crippen molar-refractivity contribution in [3.05, 3.63) is 0 Å². The fraction of sp³-hybridized carbons (Fsp3) is 0.800. The molecule has 0 rings (SSSR count). The standard InChI is InChI=1S/C10H19NO2S2/c1-10(2,6-4-7-12)15-14-8-3-5-9(11)13/h7H,3-6,8H2,1-2H3,(H2,11,13). The van der Waals surface area contributed by atoms with Crippen LogP contribution in [0, 0.1) is 0 Å². The molecule has 0 saturated heterocycles. The number of carbonyl (C=O) groups excluding carboxylic acids is 2. The summed E-state index contributed by atoms with van der Waals surface area (Å²) in [5, 5.41) is 0. The summed E-state index contributed by atoms with van der Waals surface area (Å²) < 4.78 is 0.123. The van der Waals surface area contributed by atoms with Gasteiger partial charge >= 0.3 is 0 Å². The molecule has 0 atom stereocenters. The van der Waals surface area contributed by atoms with Crippen molar-refractivity contribution in [2.75, 3.05) is 5.75 Å². The Balaban J connectivity index is 3.47. The number of hydrogen-bond acceptors (Lipinski definition) is 4. The van der Waals surface area contributed by atoms with Gasteiger partial charge in [0, 0.05) is 23.3 Å². The van der Waals surface area contributed by atoms with Gasteiger partial charge in [0.2, 0.25) is 5.91 Å². The Bertz CT molecular complexity index is 208. The highest BCUT2D eigenvalue weighted by Gasteiger charge is 2.17. The van der Waals surface area contributed by atoms with Crippen molar-refractivity contribution in [1.82, 2.24) is 0 Å². The van der Waals surface area contributed by atoms with E-state index in [1.807, 2.05) is 0 Å². The highest BCUT2D eigenvalue weighted by atomic mass is 33.1. The second-order valence-corrected chi connectivity index (χ2v) is 7.06. The summed E-state index contributed by atoms with van der Waals surface area (Å²) >= 11 is 0. The van der Waals surface area contributed by atoms with Crippen molar-refractivity contribution in [2.45, 2.75) is 44.3 Å². The molecule has 0 aliphatic rings. The number of amides is 1. The number of nitrogens with two attached hydrogens (primary N) is 1. The van der Waals surface area contributed by atoms with Crippen LogP contribution in [-0.4, -0.2) is 22.7 Å². The highest BCUT2D eigenvalue weighted by molar-refractivity contribution is 8.77. The van der Waals surface area contributed by atoms with Crippen molar-refractivity contribution >= 4 is 33.8 Å². The molecule has 0 aliphatic carbocycles. The van der Waals surface area contributed by atoms with E-state index in [2.05, 4.69) is 13.8 Å². The van der Waals surface area contributed by atoms with Gasteiger partial charge in [0.1, 0.15) is 6.29 Å². The van der Waals surface area contributed by atoms with Crippen molar-refractivity contribution in [1.29, 1.82) is 0 Å². The summed E-state index contributed by atoms with van der Waals surface area (Å²) in [7, 11) is 3.52. The maximum atomic E-state index is 10.5. The van der Waals surface area contributed by atoms with Gasteiger partial charge in [-0.3, -0.25) is 4.79 Å². The zero-order valence-electron chi connectivity index (χ0n) is 9.32. The first-order chi connectivity index (χ1) is 6.98. The van der Waals surface area contributed by atoms with Gasteiger partial charge in [-0.15, -0.1) is 0 Å². The molecule has 0 unspecified atom stereocenters. The number of hydrogen-bond donors (Lipinski definition) is 1. The van der Waals surface area contributed by atoms with Crippen molar-refractivity contribution in [2.24, 2.45) is 5.73 Å². The van der Waals surface area contributed by atoms with Crippen LogP contribution in [-0.2, 0) is 9.59 Å². The van der Waals surface area contributed by atoms with Gasteiger partial charge in [0.15, 0.2) is 0 Å². The van der Waals surface area contributed by atoms with E-state index in [-0.39, 0.29) is 10.7 Å². The molecule has 88 valence electrons. The van der Waals surface area contributed by atoms with E-state index in [0.29, 0.717) is 12.8 Å². The van der Waals surface area contributed by atoms with Crippen molar-refractivity contribution in [3.63, 3.8) is 0 Å². The number of primary amides is 1. The van der Waals surface area contributed by atoms with E-state index in [4.69, 9.17) is 5.73 Å². The Hall–Kier alpha value is -0.160. The number of rotatable bonds is 9. The molecule has 0 aromatic carbocycles. The van der Waals surface area contributed by atoms with E-state index in [9.17, 15) is 9.59 Å². The zero-order valence-corrected chi connectivity index (χ0v) is 11.0. The van der Waals surface area contributed by atoms with Crippen LogP contribution >= 0.6 is 21.6 Å². The molecule has 0 aromatic heterocycles. The quantitative estimate of drug-likeness (QED) is 0.387. The molecule has 5 heteroatoms. The van der Waals surface area contributed by atoms with Crippen LogP contribution in [0.4, 0.5) is 0 Å². The molecular formula is C10H19NO2S2. The summed E-state index contributed by atoms with van der Waals surface area (Å²) in [6, 6.07) is 0. The van der Waals surface area contributed by atoms with Crippen LogP contribution in [0.15, 0.2) is 0 Å². The highest BCUT2D eigenvalue weighted by Crippen LogP contribution is 2.38. The van der Waals surface area contributed by atoms with Crippen LogP contribution in [0.5, 0.6) is 0 Å². The lowest BCUT2D eigenvalue weighted by atomic mass is 10.1. The third-order valence-electron chi connectivity index (χ3n) is 1.80. The third kappa shape index (κ3) is 10.1. The smallest absolute Gasteiger partial charge is 0.217 e. The topological polar surface area (TPSA) is 60.2 Å². The van der Waals surface area contributed by atoms with Crippen LogP contribution in [0.1, 0.15) is 39.5 Å². The van der Waals surface area contributed by atoms with Crippen LogP contribution in [0.25, 0.3) is 0 Å². The first-order valence-electron chi connectivity index (χ1n) is 5.00. The fourth-order valence-electron chi connectivity index (χ4n) is 0.955. The first kappa shape index (κ1) is 14.8. The number of carbonyl (C=O) groups is 2. The maximum absolute atomic E-state index is 10.5. The van der Waals surface area contributed by atoms with E-state index in [1.54, 1.807) is 21.6 Å². The third-order valence-corrected chi connectivity index (χ3v) is 5.24. The molecule has 15 heavy (non-hydrogen) atoms. The number of aldehydes is 1. The molecule has 0 heterocycles. The monoisotopic (exact) mass is 249 g/mol. The van der Waals surface area contributed by atoms with E-state index in [1.165, 1.54) is 0 Å². The van der Waals surface area contributed by atoms with Crippen molar-refractivity contribution in [3.8, 4) is 0 Å². The van der Waals surface area contributed by atoms with Crippen molar-refractivity contribution < 1.29 is 9.59 Å². The average Bonchev–Trinajstić information content (AvgIpc) is 2.14. The predicted octanol–water partition coefficient (Wildman–Crippen LogP) is 2.39. The van der Waals surface area contributed by atoms with E-state index < -0.39 is 0 Å². The summed E-state index contributed by atoms with van der Waals surface area (Å²) in [6.07, 6.45) is 3.75. The first-order valence-corrected chi connectivity index (χ1v) is 7.32. The largest absolute Gasteiger partial charge is 0.370 e. The second kappa shape index (κ2) is 8.05. The van der Waals surface area contributed by atoms with Gasteiger partial charge in [0.05, 0.1) is 0 Å². The van der Waals surface area contributed by atoms with Gasteiger partial charge in [-0.1, -0.05) is 21.6 Å². The van der Waals surface area contributed by atoms with Crippen LogP contribution < -0.4 is 5.73 Å². The van der Waals surface area contributed by atoms with Crippen LogP contribution in [0.3, 0.4) is 0 Å². The van der Waals surface area contributed by atoms with Gasteiger partial charge < -0.3 is 10.5 Å². The Morgan fingerprint density at radius 2 is 2.13 bits per heavy atom. The second-order valence-electron chi connectivity index (χ2n) is 3.94. The Morgan fingerprint density at radius 3 is 2.67 bits per heavy atom. The van der Waals surface area contributed by atoms with Gasteiger partial charge in [-0.2, -0.15) is 0 Å². The van der Waals surface area contributed by atoms with Gasteiger partial charge in [-0.05, 0) is 26.7 Å². The minimum atomic E-state index is -0.235. The molecule has 0 radical (unpaired) electrons. The lowest BCUT2D eigenvalue weighted by Gasteiger charge is -2.21. The van der Waals surface area contributed by atoms with E-state index >= 15 is 0 Å². The minimum absolute atomic E-state index is 0.123. The van der Waals surface area contributed by atoms with Gasteiger partial charge in [-0.25, -0.2) is 0 Å². The molecule has 3 nitrogen and oxygen atoms in total. The molecule has 2 N–H and O–H groups in total. The molecule has 0 fully saturated rings. The molecular weight excluding hydrogens is 230 g/mol. The Morgan fingerprint density at radius 1 is 1.47 bits per heavy atom. The van der Waals surface area contributed by atoms with Gasteiger partial charge in [0.25, 0.3) is 0 Å². The maximum Gasteiger partial charge on any atom is 0.217 e. The molecule has 1 amide bonds. The lowest BCUT2D eigenvalue weighted by molar-refractivity contribution is -0.118. The molecule has 0 saturated carbocycles. The molecule has 0 aliphatic heterocycles. The zero-order chi connectivity index (χ0) is 11.7. The molecule has 0 aromatic rings. The molecule has 0 bridgehead atoms. The van der Waals surface area contributed by atoms with E-state index in [0.717, 1.165) is 24.9 Å². The summed E-state index contributed by atoms with van der Waals surface area (Å²) in [4.78, 5) is 20.7. The summed E-state index contributed by atoms with van der Waals surface area (Å²) in [6.45, 7) is 4.25. The fourth-order valence-corrected chi connectivity index (χ4v) is 3.63. The minimum Gasteiger partial charge on any atom is -0.370 e.